The monoisotopic (exact) mass is 364 g/mol. The second-order valence-corrected chi connectivity index (χ2v) is 13.3. The van der Waals surface area contributed by atoms with Crippen molar-refractivity contribution in [2.45, 2.75) is 71.6 Å². The molecule has 0 aliphatic carbocycles. The smallest absolute Gasteiger partial charge is 0.192 e. The van der Waals surface area contributed by atoms with Crippen molar-refractivity contribution in [2.24, 2.45) is 5.92 Å². The van der Waals surface area contributed by atoms with Crippen LogP contribution in [-0.4, -0.2) is 32.2 Å². The van der Waals surface area contributed by atoms with Gasteiger partial charge in [0.25, 0.3) is 0 Å². The molecule has 0 saturated carbocycles. The van der Waals surface area contributed by atoms with Crippen LogP contribution in [0.5, 0.6) is 0 Å². The van der Waals surface area contributed by atoms with Crippen LogP contribution in [0.15, 0.2) is 42.5 Å². The minimum absolute atomic E-state index is 0.0672. The van der Waals surface area contributed by atoms with Gasteiger partial charge in [-0.2, -0.15) is 0 Å². The molecule has 0 saturated heterocycles. The van der Waals surface area contributed by atoms with Crippen LogP contribution in [0.3, 0.4) is 0 Å². The predicted octanol–water partition coefficient (Wildman–Crippen LogP) is 5.17. The third kappa shape index (κ3) is 6.70. The lowest BCUT2D eigenvalue weighted by Gasteiger charge is -2.41. The fraction of sp³-hybridized carbons (Fsp3) is 0.619. The Bertz CT molecular complexity index is 534. The molecule has 1 N–H and O–H groups in total. The summed E-state index contributed by atoms with van der Waals surface area (Å²) in [6, 6.07) is 10.1. The zero-order valence-electron chi connectivity index (χ0n) is 17.0. The lowest BCUT2D eigenvalue weighted by atomic mass is 9.94. The summed E-state index contributed by atoms with van der Waals surface area (Å²) in [6.45, 7) is 19.9. The van der Waals surface area contributed by atoms with Crippen LogP contribution >= 0.6 is 0 Å². The van der Waals surface area contributed by atoms with Crippen LogP contribution in [0, 0.1) is 5.92 Å². The normalized spacial score (nSPS) is 16.3. The van der Waals surface area contributed by atoms with E-state index < -0.39 is 14.4 Å². The Morgan fingerprint density at radius 3 is 2.24 bits per heavy atom. The highest BCUT2D eigenvalue weighted by Gasteiger charge is 2.41. The molecule has 4 heteroatoms. The number of aliphatic hydroxyl groups is 1. The van der Waals surface area contributed by atoms with E-state index in [1.165, 1.54) is 0 Å². The third-order valence-corrected chi connectivity index (χ3v) is 9.74. The van der Waals surface area contributed by atoms with Crippen LogP contribution in [0.4, 0.5) is 0 Å². The van der Waals surface area contributed by atoms with E-state index in [-0.39, 0.29) is 17.1 Å². The summed E-state index contributed by atoms with van der Waals surface area (Å²) in [7, 11) is -1.96. The van der Waals surface area contributed by atoms with Crippen molar-refractivity contribution in [1.82, 2.24) is 0 Å². The lowest BCUT2D eigenvalue weighted by molar-refractivity contribution is -0.0200. The largest absolute Gasteiger partial charge is 0.411 e. The van der Waals surface area contributed by atoms with Crippen molar-refractivity contribution < 1.29 is 14.3 Å². The average Bonchev–Trinajstić information content (AvgIpc) is 2.52. The number of benzene rings is 1. The van der Waals surface area contributed by atoms with Crippen LogP contribution in [0.25, 0.3) is 0 Å². The molecule has 0 fully saturated rings. The molecule has 0 aliphatic heterocycles. The SMILES string of the molecule is C=C(C)C(O)[C@@H](C)[C@@H](COCc1ccccc1)O[Si](C)(C)C(C)(C)C. The van der Waals surface area contributed by atoms with Crippen LogP contribution < -0.4 is 0 Å². The van der Waals surface area contributed by atoms with Crippen LogP contribution in [-0.2, 0) is 15.8 Å². The maximum absolute atomic E-state index is 10.5. The first-order valence-electron chi connectivity index (χ1n) is 9.08. The zero-order chi connectivity index (χ0) is 19.3. The second kappa shape index (κ2) is 9.13. The summed E-state index contributed by atoms with van der Waals surface area (Å²) >= 11 is 0. The van der Waals surface area contributed by atoms with Crippen molar-refractivity contribution >= 4 is 8.32 Å². The van der Waals surface area contributed by atoms with Gasteiger partial charge in [0.2, 0.25) is 0 Å². The quantitative estimate of drug-likeness (QED) is 0.485. The number of aliphatic hydroxyl groups excluding tert-OH is 1. The molecule has 1 aromatic carbocycles. The minimum atomic E-state index is -1.96. The van der Waals surface area contributed by atoms with Crippen LogP contribution in [0.1, 0.15) is 40.2 Å². The van der Waals surface area contributed by atoms with Gasteiger partial charge in [-0.25, -0.2) is 0 Å². The topological polar surface area (TPSA) is 38.7 Å². The number of rotatable bonds is 9. The van der Waals surface area contributed by atoms with E-state index >= 15 is 0 Å². The maximum atomic E-state index is 10.5. The molecule has 25 heavy (non-hydrogen) atoms. The van der Waals surface area contributed by atoms with E-state index in [1.807, 2.05) is 32.0 Å². The van der Waals surface area contributed by atoms with Crippen molar-refractivity contribution in [1.29, 1.82) is 0 Å². The Morgan fingerprint density at radius 2 is 1.76 bits per heavy atom. The van der Waals surface area contributed by atoms with Gasteiger partial charge in [-0.15, -0.1) is 0 Å². The Balaban J connectivity index is 2.82. The van der Waals surface area contributed by atoms with Gasteiger partial charge in [0, 0.05) is 5.92 Å². The standard InChI is InChI=1S/C21H36O3Si/c1-16(2)20(22)17(3)19(24-25(7,8)21(4,5)6)15-23-14-18-12-10-9-11-13-18/h9-13,17,19-20,22H,1,14-15H2,2-8H3/t17-,19+,20?/m0/s1. The lowest BCUT2D eigenvalue weighted by Crippen LogP contribution is -2.48. The first-order chi connectivity index (χ1) is 11.5. The Labute approximate surface area is 155 Å². The molecule has 3 nitrogen and oxygen atoms in total. The van der Waals surface area contributed by atoms with E-state index in [0.29, 0.717) is 13.2 Å². The van der Waals surface area contributed by atoms with Gasteiger partial charge >= 0.3 is 0 Å². The predicted molar refractivity (Wildman–Crippen MR) is 108 cm³/mol. The number of ether oxygens (including phenoxy) is 1. The van der Waals surface area contributed by atoms with Gasteiger partial charge < -0.3 is 14.3 Å². The van der Waals surface area contributed by atoms with Gasteiger partial charge in [0.1, 0.15) is 0 Å². The molecule has 1 rings (SSSR count). The molecule has 1 aromatic rings. The molecule has 0 heterocycles. The Kier molecular flexibility index (Phi) is 8.07. The van der Waals surface area contributed by atoms with E-state index in [0.717, 1.165) is 11.1 Å². The summed E-state index contributed by atoms with van der Waals surface area (Å²) in [5.74, 6) is -0.0672. The molecular weight excluding hydrogens is 328 g/mol. The molecule has 3 atom stereocenters. The minimum Gasteiger partial charge on any atom is -0.411 e. The van der Waals surface area contributed by atoms with Gasteiger partial charge in [0.05, 0.1) is 25.4 Å². The average molecular weight is 365 g/mol. The highest BCUT2D eigenvalue weighted by molar-refractivity contribution is 6.74. The first-order valence-corrected chi connectivity index (χ1v) is 12.0. The van der Waals surface area contributed by atoms with Gasteiger partial charge in [-0.05, 0) is 30.6 Å². The summed E-state index contributed by atoms with van der Waals surface area (Å²) in [6.07, 6.45) is -0.744. The van der Waals surface area contributed by atoms with Crippen molar-refractivity contribution in [3.8, 4) is 0 Å². The first kappa shape index (κ1) is 22.1. The Morgan fingerprint density at radius 1 is 1.20 bits per heavy atom. The molecule has 142 valence electrons. The van der Waals surface area contributed by atoms with Gasteiger partial charge in [-0.1, -0.05) is 70.2 Å². The zero-order valence-corrected chi connectivity index (χ0v) is 18.0. The van der Waals surface area contributed by atoms with E-state index in [2.05, 4.69) is 52.6 Å². The van der Waals surface area contributed by atoms with Crippen molar-refractivity contribution in [3.63, 3.8) is 0 Å². The fourth-order valence-corrected chi connectivity index (χ4v) is 3.76. The number of hydrogen-bond acceptors (Lipinski definition) is 3. The molecule has 0 radical (unpaired) electrons. The van der Waals surface area contributed by atoms with Crippen molar-refractivity contribution in [2.75, 3.05) is 6.61 Å². The summed E-state index contributed by atoms with van der Waals surface area (Å²) < 4.78 is 12.5. The molecule has 0 aromatic heterocycles. The summed E-state index contributed by atoms with van der Waals surface area (Å²) in [4.78, 5) is 0. The Hall–Kier alpha value is -0.943. The van der Waals surface area contributed by atoms with E-state index in [1.54, 1.807) is 0 Å². The van der Waals surface area contributed by atoms with Gasteiger partial charge in [0.15, 0.2) is 8.32 Å². The summed E-state index contributed by atoms with van der Waals surface area (Å²) in [5, 5.41) is 10.6. The van der Waals surface area contributed by atoms with E-state index in [9.17, 15) is 5.11 Å². The maximum Gasteiger partial charge on any atom is 0.192 e. The molecule has 0 amide bonds. The molecule has 0 aliphatic rings. The van der Waals surface area contributed by atoms with Gasteiger partial charge in [-0.3, -0.25) is 0 Å². The highest BCUT2D eigenvalue weighted by atomic mass is 28.4. The highest BCUT2D eigenvalue weighted by Crippen LogP contribution is 2.38. The molecule has 0 bridgehead atoms. The fourth-order valence-electron chi connectivity index (χ4n) is 2.37. The molecule has 1 unspecified atom stereocenters. The van der Waals surface area contributed by atoms with Crippen molar-refractivity contribution in [3.05, 3.63) is 48.0 Å². The number of hydrogen-bond donors (Lipinski definition) is 1. The molecular formula is C21H36O3Si. The summed E-state index contributed by atoms with van der Waals surface area (Å²) in [5.41, 5.74) is 1.90. The van der Waals surface area contributed by atoms with E-state index in [4.69, 9.17) is 9.16 Å². The third-order valence-electron chi connectivity index (χ3n) is 5.24. The molecule has 0 spiro atoms. The second-order valence-electron chi connectivity index (χ2n) is 8.57. The van der Waals surface area contributed by atoms with Crippen LogP contribution in [0.2, 0.25) is 18.1 Å².